The molecule has 0 saturated carbocycles. The highest BCUT2D eigenvalue weighted by molar-refractivity contribution is 5.91. The van der Waals surface area contributed by atoms with Crippen LogP contribution in [0.2, 0.25) is 0 Å². The highest BCUT2D eigenvalue weighted by atomic mass is 19.4. The van der Waals surface area contributed by atoms with Gasteiger partial charge < -0.3 is 9.47 Å². The zero-order valence-corrected chi connectivity index (χ0v) is 11.5. The number of rotatable bonds is 5. The van der Waals surface area contributed by atoms with Crippen LogP contribution < -0.4 is 0 Å². The van der Waals surface area contributed by atoms with E-state index >= 15 is 0 Å². The van der Waals surface area contributed by atoms with Crippen LogP contribution in [0.3, 0.4) is 0 Å². The topological polar surface area (TPSA) is 52.6 Å². The van der Waals surface area contributed by atoms with E-state index in [4.69, 9.17) is 0 Å². The molecule has 0 atom stereocenters. The summed E-state index contributed by atoms with van der Waals surface area (Å²) in [7, 11) is 0. The van der Waals surface area contributed by atoms with Crippen molar-refractivity contribution in [3.8, 4) is 0 Å². The highest BCUT2D eigenvalue weighted by Crippen LogP contribution is 2.28. The normalized spacial score (nSPS) is 13.3. The highest BCUT2D eigenvalue weighted by Gasteiger charge is 2.34. The van der Waals surface area contributed by atoms with E-state index in [2.05, 4.69) is 16.1 Å². The summed E-state index contributed by atoms with van der Waals surface area (Å²) >= 11 is 0. The second kappa shape index (κ2) is 7.32. The predicted molar refractivity (Wildman–Crippen MR) is 61.3 cm³/mol. The summed E-state index contributed by atoms with van der Waals surface area (Å²) in [5.74, 6) is -4.07. The van der Waals surface area contributed by atoms with Gasteiger partial charge >= 0.3 is 24.3 Å². The molecule has 0 aliphatic heterocycles. The molecule has 4 nitrogen and oxygen atoms in total. The summed E-state index contributed by atoms with van der Waals surface area (Å²) in [6.45, 7) is 3.06. The third-order valence-electron chi connectivity index (χ3n) is 2.02. The monoisotopic (exact) mass is 334 g/mol. The van der Waals surface area contributed by atoms with Crippen LogP contribution in [0, 0.1) is 0 Å². The maximum absolute atomic E-state index is 12.4. The van der Waals surface area contributed by atoms with Crippen molar-refractivity contribution in [2.24, 2.45) is 0 Å². The van der Waals surface area contributed by atoms with Gasteiger partial charge in [0.25, 0.3) is 0 Å². The van der Waals surface area contributed by atoms with E-state index in [1.165, 1.54) is 0 Å². The zero-order valence-electron chi connectivity index (χ0n) is 11.5. The number of hydrogen-bond donors (Lipinski definition) is 0. The van der Waals surface area contributed by atoms with Crippen LogP contribution in [-0.4, -0.2) is 30.9 Å². The summed E-state index contributed by atoms with van der Waals surface area (Å²) in [5.41, 5.74) is -1.15. The Balaban J connectivity index is 5.28. The average Bonchev–Trinajstić information content (AvgIpc) is 2.31. The van der Waals surface area contributed by atoms with Gasteiger partial charge in [-0.15, -0.1) is 0 Å². The molecular formula is C12H12F6O4. The van der Waals surface area contributed by atoms with E-state index in [9.17, 15) is 35.9 Å². The Morgan fingerprint density at radius 2 is 1.45 bits per heavy atom. The van der Waals surface area contributed by atoms with Gasteiger partial charge in [-0.1, -0.05) is 6.58 Å². The molecule has 0 radical (unpaired) electrons. The Hall–Kier alpha value is -2.00. The minimum absolute atomic E-state index is 0.254. The summed E-state index contributed by atoms with van der Waals surface area (Å²) in [6.07, 6.45) is -11.5. The van der Waals surface area contributed by atoms with Crippen molar-refractivity contribution in [2.75, 3.05) is 6.61 Å². The number of halogens is 6. The number of carbonyl (C=O) groups excluding carboxylic acids is 2. The van der Waals surface area contributed by atoms with E-state index in [0.29, 0.717) is 0 Å². The molecule has 0 saturated heterocycles. The average molecular weight is 334 g/mol. The molecule has 0 fully saturated rings. The lowest BCUT2D eigenvalue weighted by molar-refractivity contribution is -0.183. The van der Waals surface area contributed by atoms with E-state index in [-0.39, 0.29) is 5.57 Å². The number of esters is 2. The van der Waals surface area contributed by atoms with Crippen molar-refractivity contribution in [3.63, 3.8) is 0 Å². The van der Waals surface area contributed by atoms with Gasteiger partial charge in [-0.3, -0.25) is 0 Å². The van der Waals surface area contributed by atoms with Gasteiger partial charge in [-0.2, -0.15) is 26.3 Å². The van der Waals surface area contributed by atoms with Gasteiger partial charge in [0, 0.05) is 5.57 Å². The molecule has 0 aromatic heterocycles. The van der Waals surface area contributed by atoms with Crippen molar-refractivity contribution in [2.45, 2.75) is 32.6 Å². The van der Waals surface area contributed by atoms with Gasteiger partial charge in [0.1, 0.15) is 12.2 Å². The van der Waals surface area contributed by atoms with Gasteiger partial charge in [-0.25, -0.2) is 9.59 Å². The number of ether oxygens (including phenoxy) is 2. The molecule has 0 aliphatic rings. The molecule has 0 N–H and O–H groups in total. The second-order valence-electron chi connectivity index (χ2n) is 4.20. The fraction of sp³-hybridized carbons (Fsp3) is 0.500. The first-order chi connectivity index (χ1) is 9.73. The number of carbonyl (C=O) groups is 2. The first-order valence-corrected chi connectivity index (χ1v) is 5.61. The molecule has 0 amide bonds. The standard InChI is InChI=1S/C12H12F6O4/c1-6(2)9(19)22-8(4-11(13,14)15)7(3)10(20)21-5-12(16,17)18/h1,4-5H2,2-3H3. The Kier molecular flexibility index (Phi) is 6.65. The molecule has 0 heterocycles. The first-order valence-electron chi connectivity index (χ1n) is 5.61. The number of allylic oxidation sites excluding steroid dienone is 1. The number of hydrogen-bond acceptors (Lipinski definition) is 4. The van der Waals surface area contributed by atoms with E-state index < -0.39 is 48.7 Å². The first kappa shape index (κ1) is 20.0. The van der Waals surface area contributed by atoms with Crippen LogP contribution in [0.25, 0.3) is 0 Å². The van der Waals surface area contributed by atoms with Gasteiger partial charge in [0.15, 0.2) is 6.61 Å². The van der Waals surface area contributed by atoms with E-state index in [1.54, 1.807) is 0 Å². The van der Waals surface area contributed by atoms with Crippen LogP contribution in [0.4, 0.5) is 26.3 Å². The maximum atomic E-state index is 12.4. The zero-order chi connectivity index (χ0) is 17.7. The lowest BCUT2D eigenvalue weighted by Crippen LogP contribution is -2.23. The molecule has 0 spiro atoms. The smallest absolute Gasteiger partial charge is 0.422 e. The third kappa shape index (κ3) is 8.32. The van der Waals surface area contributed by atoms with Crippen LogP contribution >= 0.6 is 0 Å². The molecule has 22 heavy (non-hydrogen) atoms. The van der Waals surface area contributed by atoms with E-state index in [1.807, 2.05) is 0 Å². The maximum Gasteiger partial charge on any atom is 0.422 e. The molecular weight excluding hydrogens is 322 g/mol. The molecule has 0 rings (SSSR count). The Bertz CT molecular complexity index is 487. The molecule has 0 aliphatic carbocycles. The molecule has 0 aromatic rings. The lowest BCUT2D eigenvalue weighted by atomic mass is 10.2. The van der Waals surface area contributed by atoms with Crippen molar-refractivity contribution < 1.29 is 45.4 Å². The Morgan fingerprint density at radius 1 is 0.955 bits per heavy atom. The molecule has 0 bridgehead atoms. The van der Waals surface area contributed by atoms with Gasteiger partial charge in [0.05, 0.1) is 5.57 Å². The fourth-order valence-corrected chi connectivity index (χ4v) is 0.996. The Morgan fingerprint density at radius 3 is 1.82 bits per heavy atom. The minimum Gasteiger partial charge on any atom is -0.453 e. The van der Waals surface area contributed by atoms with Crippen molar-refractivity contribution in [1.82, 2.24) is 0 Å². The SMILES string of the molecule is C=C(C)C(=O)OC(CC(F)(F)F)=C(C)C(=O)OCC(F)(F)F. The lowest BCUT2D eigenvalue weighted by Gasteiger charge is -2.15. The largest absolute Gasteiger partial charge is 0.453 e. The summed E-state index contributed by atoms with van der Waals surface area (Å²) in [6, 6.07) is 0. The third-order valence-corrected chi connectivity index (χ3v) is 2.02. The Labute approximate surface area is 121 Å². The summed E-state index contributed by atoms with van der Waals surface area (Å²) in [4.78, 5) is 22.5. The van der Waals surface area contributed by atoms with Crippen molar-refractivity contribution in [1.29, 1.82) is 0 Å². The van der Waals surface area contributed by atoms with Crippen LogP contribution in [0.1, 0.15) is 20.3 Å². The van der Waals surface area contributed by atoms with E-state index in [0.717, 1.165) is 13.8 Å². The summed E-state index contributed by atoms with van der Waals surface area (Å²) < 4.78 is 81.0. The minimum atomic E-state index is -4.85. The molecule has 0 unspecified atom stereocenters. The molecule has 126 valence electrons. The summed E-state index contributed by atoms with van der Waals surface area (Å²) in [5, 5.41) is 0. The quantitative estimate of drug-likeness (QED) is 0.334. The molecule has 10 heteroatoms. The van der Waals surface area contributed by atoms with Crippen molar-refractivity contribution >= 4 is 11.9 Å². The van der Waals surface area contributed by atoms with Crippen LogP contribution in [0.15, 0.2) is 23.5 Å². The van der Waals surface area contributed by atoms with Gasteiger partial charge in [0.2, 0.25) is 0 Å². The fourth-order valence-electron chi connectivity index (χ4n) is 0.996. The second-order valence-corrected chi connectivity index (χ2v) is 4.20. The number of alkyl halides is 6. The predicted octanol–water partition coefficient (Wildman–Crippen LogP) is 3.44. The van der Waals surface area contributed by atoms with Crippen LogP contribution in [0.5, 0.6) is 0 Å². The van der Waals surface area contributed by atoms with Crippen LogP contribution in [-0.2, 0) is 19.1 Å². The molecule has 0 aromatic carbocycles. The van der Waals surface area contributed by atoms with Crippen molar-refractivity contribution in [3.05, 3.63) is 23.5 Å². The van der Waals surface area contributed by atoms with Gasteiger partial charge in [-0.05, 0) is 13.8 Å².